The van der Waals surface area contributed by atoms with Crippen molar-refractivity contribution in [2.75, 3.05) is 27.2 Å². The molecule has 0 fully saturated rings. The molecule has 9 nitrogen and oxygen atoms in total. The molecule has 0 saturated heterocycles. The van der Waals surface area contributed by atoms with Crippen LogP contribution in [0.4, 0.5) is 0 Å². The maximum absolute atomic E-state index is 9.81. The van der Waals surface area contributed by atoms with Crippen molar-refractivity contribution in [2.45, 2.75) is 33.2 Å². The van der Waals surface area contributed by atoms with Crippen molar-refractivity contribution in [1.29, 1.82) is 0 Å². The van der Waals surface area contributed by atoms with Crippen molar-refractivity contribution < 1.29 is 25.0 Å². The van der Waals surface area contributed by atoms with Crippen molar-refractivity contribution in [2.24, 2.45) is 11.5 Å². The average molecular weight is 560 g/mol. The molecular weight excluding hydrogens is 527 g/mol. The number of nitrogens with one attached hydrogen (secondary N) is 2. The van der Waals surface area contributed by atoms with Crippen molar-refractivity contribution in [3.05, 3.63) is 6.92 Å². The van der Waals surface area contributed by atoms with Gasteiger partial charge in [0.15, 0.2) is 0 Å². The molecule has 0 aromatic carbocycles. The minimum absolute atomic E-state index is 0. The molecule has 0 aromatic rings. The second kappa shape index (κ2) is 42.8. The second-order valence-corrected chi connectivity index (χ2v) is 2.97. The van der Waals surface area contributed by atoms with E-state index in [-0.39, 0.29) is 6.42 Å². The van der Waals surface area contributed by atoms with Crippen LogP contribution in [0, 0.1) is 6.92 Å². The number of aliphatic carboxylic acids is 2. The summed E-state index contributed by atoms with van der Waals surface area (Å²) in [6.45, 7) is 10.2. The zero-order valence-corrected chi connectivity index (χ0v) is 17.0. The van der Waals surface area contributed by atoms with E-state index in [4.69, 9.17) is 26.9 Å². The van der Waals surface area contributed by atoms with Gasteiger partial charge in [-0.1, -0.05) is 20.8 Å². The zero-order valence-electron chi connectivity index (χ0n) is 14.1. The fourth-order valence-corrected chi connectivity index (χ4v) is 0.123. The van der Waals surface area contributed by atoms with Crippen LogP contribution >= 0.6 is 0 Å². The third-order valence-electron chi connectivity index (χ3n) is 0.949. The average Bonchev–Trinajstić information content (AvgIpc) is 2.41. The van der Waals surface area contributed by atoms with Crippen LogP contribution in [-0.2, 0) is 9.59 Å². The molecule has 0 aliphatic carbocycles. The standard InChI is InChI=1S/C4H8NO2.C3H6O2.2C2H7N.CH5NO.Cm/c1-3(5-2)4(6)7;1-2-3(4)5;3*1-2-3;/h3,5H,1H2,2H3,(H,6,7);2H2,1H3,(H,4,5);2*2-3H2,1H3;2-3H,1H3;/q-1;;;;;. The van der Waals surface area contributed by atoms with Gasteiger partial charge in [0, 0.05) is 13.5 Å². The van der Waals surface area contributed by atoms with Gasteiger partial charge in [-0.15, -0.1) is 0 Å². The summed E-state index contributed by atoms with van der Waals surface area (Å²) in [6.07, 6.45) is 0.222. The molecule has 22 heavy (non-hydrogen) atoms. The first-order chi connectivity index (χ1) is 9.69. The van der Waals surface area contributed by atoms with Gasteiger partial charge in [-0.2, -0.15) is 0 Å². The summed E-state index contributed by atoms with van der Waals surface area (Å²) >= 11 is 0. The number of carbonyl (C=O) groups is 2. The van der Waals surface area contributed by atoms with Crippen LogP contribution in [-0.4, -0.2) is 60.6 Å². The van der Waals surface area contributed by atoms with E-state index in [1.807, 2.05) is 13.8 Å². The van der Waals surface area contributed by atoms with Gasteiger partial charge in [0.1, 0.15) is 0 Å². The van der Waals surface area contributed by atoms with Crippen molar-refractivity contribution >= 4 is 11.9 Å². The molecule has 1 atom stereocenters. The van der Waals surface area contributed by atoms with E-state index < -0.39 is 18.0 Å². The van der Waals surface area contributed by atoms with Crippen LogP contribution in [0.15, 0.2) is 0 Å². The summed E-state index contributed by atoms with van der Waals surface area (Å²) in [5, 5.41) is 25.6. The first-order valence-electron chi connectivity index (χ1n) is 6.36. The fraction of sp³-hybridized carbons (Fsp3) is 0.750. The van der Waals surface area contributed by atoms with Crippen molar-refractivity contribution in [3.63, 3.8) is 0 Å². The Morgan fingerprint density at radius 1 is 1.09 bits per heavy atom. The molecule has 10 heteroatoms. The molecule has 0 aliphatic heterocycles. The van der Waals surface area contributed by atoms with Crippen LogP contribution < -0.4 is 22.3 Å². The minimum atomic E-state index is -0.928. The molecule has 0 spiro atoms. The Kier molecular flexibility index (Phi) is 71.4. The molecule has 0 aliphatic rings. The van der Waals surface area contributed by atoms with E-state index in [0.717, 1.165) is 13.1 Å². The SMILES string of the molecule is CCC(=O)O.CCN.CCN.CNO.[CH2-]C(NC)C(=O)O.[Cm]. The predicted octanol–water partition coefficient (Wildman–Crippen LogP) is -0.501. The molecule has 0 radical (unpaired) electrons. The Morgan fingerprint density at radius 2 is 1.27 bits per heavy atom. The number of hydrogen-bond acceptors (Lipinski definition) is 7. The van der Waals surface area contributed by atoms with Gasteiger partial charge in [-0.25, -0.2) is 5.48 Å². The van der Waals surface area contributed by atoms with Crippen LogP contribution in [0.5, 0.6) is 0 Å². The Bertz CT molecular complexity index is 196. The molecule has 0 bridgehead atoms. The van der Waals surface area contributed by atoms with Gasteiger partial charge in [0.05, 0.1) is 0 Å². The summed E-state index contributed by atoms with van der Waals surface area (Å²) in [5.41, 5.74) is 11.4. The number of carboxylic acid groups (broad SMARTS) is 2. The monoisotopic (exact) mass is 556 g/mol. The van der Waals surface area contributed by atoms with E-state index in [0.29, 0.717) is 0 Å². The molecule has 0 heterocycles. The van der Waals surface area contributed by atoms with Gasteiger partial charge in [0.25, 0.3) is 5.97 Å². The quantitative estimate of drug-likeness (QED) is 0.178. The molecule has 9 N–H and O–H groups in total. The van der Waals surface area contributed by atoms with Gasteiger partial charge in [-0.05, 0) is 26.2 Å². The smallest absolute Gasteiger partial charge is 0.303 e. The first-order valence-corrected chi connectivity index (χ1v) is 6.36. The summed E-state index contributed by atoms with van der Waals surface area (Å²) in [7, 11) is 2.98. The fourth-order valence-electron chi connectivity index (χ4n) is 0.123. The number of rotatable bonds is 3. The zero-order chi connectivity index (χ0) is 18.3. The maximum atomic E-state index is 9.81. The number of nitrogens with two attached hydrogens (primary N) is 2. The Hall–Kier alpha value is -2.26. The van der Waals surface area contributed by atoms with Gasteiger partial charge in [-0.3, -0.25) is 9.59 Å². The maximum Gasteiger partial charge on any atom is 0.303 e. The Balaban J connectivity index is -0.0000000380. The topological polar surface area (TPSA) is 171 Å². The van der Waals surface area contributed by atoms with E-state index in [1.54, 1.807) is 19.5 Å². The summed E-state index contributed by atoms with van der Waals surface area (Å²) in [6, 6.07) is -0.681. The first kappa shape index (κ1) is 36.7. The second-order valence-electron chi connectivity index (χ2n) is 2.97. The van der Waals surface area contributed by atoms with E-state index in [9.17, 15) is 9.59 Å². The number of hydroxylamine groups is 1. The third-order valence-corrected chi connectivity index (χ3v) is 0.949. The molecule has 0 aromatic heterocycles. The molecule has 0 saturated carbocycles. The Morgan fingerprint density at radius 3 is 1.27 bits per heavy atom. The van der Waals surface area contributed by atoms with Gasteiger partial charge < -0.3 is 39.1 Å². The number of carboxylic acids is 2. The minimum Gasteiger partial charge on any atom is -0.482 e. The van der Waals surface area contributed by atoms with Crippen molar-refractivity contribution in [1.82, 2.24) is 10.8 Å². The molecular formula is C12H33CmN4O5-. The van der Waals surface area contributed by atoms with Crippen LogP contribution in [0.1, 0.15) is 27.2 Å². The molecule has 1 unspecified atom stereocenters. The summed E-state index contributed by atoms with van der Waals surface area (Å²) < 4.78 is 0. The Labute approximate surface area is 127 Å². The van der Waals surface area contributed by atoms with E-state index >= 15 is 0 Å². The third kappa shape index (κ3) is 151. The van der Waals surface area contributed by atoms with Crippen LogP contribution in [0.25, 0.3) is 0 Å². The molecule has 140 valence electrons. The largest absolute Gasteiger partial charge is 0.482 e. The van der Waals surface area contributed by atoms with E-state index in [1.165, 1.54) is 7.05 Å². The number of hydrogen-bond donors (Lipinski definition) is 7. The van der Waals surface area contributed by atoms with Crippen LogP contribution in [0.3, 0.4) is 0 Å². The van der Waals surface area contributed by atoms with Crippen LogP contribution in [0.2, 0.25) is 0 Å². The summed E-state index contributed by atoms with van der Waals surface area (Å²) in [5.74, 6) is -1.67. The van der Waals surface area contributed by atoms with Gasteiger partial charge in [0.2, 0.25) is 0 Å². The number of likely N-dealkylation sites (N-methyl/N-ethyl adjacent to an activating group) is 1. The molecule has 0 amide bonds. The normalized spacial score (nSPS) is 8.41. The predicted molar refractivity (Wildman–Crippen MR) is 84.1 cm³/mol. The van der Waals surface area contributed by atoms with Gasteiger partial charge >= 0.3 is 5.97 Å². The van der Waals surface area contributed by atoms with E-state index in [2.05, 4.69) is 12.2 Å². The molecule has 0 rings (SSSR count). The summed E-state index contributed by atoms with van der Waals surface area (Å²) in [4.78, 5) is 19.2. The van der Waals surface area contributed by atoms with Crippen molar-refractivity contribution in [3.8, 4) is 0 Å².